The van der Waals surface area contributed by atoms with E-state index in [1.807, 2.05) is 0 Å². The molecule has 2 N–H and O–H groups in total. The van der Waals surface area contributed by atoms with Gasteiger partial charge in [0.15, 0.2) is 0 Å². The van der Waals surface area contributed by atoms with Gasteiger partial charge in [-0.15, -0.1) is 0 Å². The van der Waals surface area contributed by atoms with Crippen LogP contribution in [0.4, 0.5) is 0 Å². The first-order valence-corrected chi connectivity index (χ1v) is 6.97. The van der Waals surface area contributed by atoms with Gasteiger partial charge in [0.05, 0.1) is 12.4 Å². The van der Waals surface area contributed by atoms with Gasteiger partial charge in [-0.25, -0.2) is 0 Å². The van der Waals surface area contributed by atoms with E-state index >= 15 is 0 Å². The van der Waals surface area contributed by atoms with Gasteiger partial charge in [0, 0.05) is 0 Å². The molecule has 0 atom stereocenters. The summed E-state index contributed by atoms with van der Waals surface area (Å²) in [4.78, 5) is 0. The van der Waals surface area contributed by atoms with E-state index in [0.717, 1.165) is 12.8 Å². The summed E-state index contributed by atoms with van der Waals surface area (Å²) in [6.07, 6.45) is 2.52. The van der Waals surface area contributed by atoms with Crippen molar-refractivity contribution in [3.8, 4) is 0 Å². The number of hydrogen-bond acceptors (Lipinski definition) is 3. The minimum Gasteiger partial charge on any atom is -0.393 e. The van der Waals surface area contributed by atoms with Crippen molar-refractivity contribution in [2.24, 2.45) is 11.8 Å². The summed E-state index contributed by atoms with van der Waals surface area (Å²) >= 11 is 0. The Morgan fingerprint density at radius 2 is 1.20 bits per heavy atom. The molecule has 0 aliphatic rings. The second-order valence-electron chi connectivity index (χ2n) is 4.65. The molecule has 0 aliphatic heterocycles. The van der Waals surface area contributed by atoms with Gasteiger partial charge in [0.25, 0.3) is 10.1 Å². The fourth-order valence-corrected chi connectivity index (χ4v) is 1.18. The molecule has 94 valence electrons. The van der Waals surface area contributed by atoms with Crippen LogP contribution >= 0.6 is 0 Å². The first-order chi connectivity index (χ1) is 6.52. The van der Waals surface area contributed by atoms with E-state index < -0.39 is 10.1 Å². The first kappa shape index (κ1) is 17.3. The minimum absolute atomic E-state index is 0.0833. The van der Waals surface area contributed by atoms with Crippen molar-refractivity contribution in [2.75, 3.05) is 6.26 Å². The highest BCUT2D eigenvalue weighted by Crippen LogP contribution is 2.12. The van der Waals surface area contributed by atoms with Gasteiger partial charge in [0.2, 0.25) is 0 Å². The lowest BCUT2D eigenvalue weighted by molar-refractivity contribution is 0.125. The number of aliphatic hydroxyl groups is 1. The van der Waals surface area contributed by atoms with Crippen molar-refractivity contribution in [3.05, 3.63) is 0 Å². The van der Waals surface area contributed by atoms with E-state index in [-0.39, 0.29) is 6.10 Å². The van der Waals surface area contributed by atoms with Crippen LogP contribution in [0.3, 0.4) is 0 Å². The van der Waals surface area contributed by atoms with Gasteiger partial charge in [-0.3, -0.25) is 4.55 Å². The van der Waals surface area contributed by atoms with Crippen molar-refractivity contribution >= 4 is 10.1 Å². The fraction of sp³-hybridized carbons (Fsp3) is 1.00. The molecule has 0 fully saturated rings. The van der Waals surface area contributed by atoms with Crippen LogP contribution in [0.2, 0.25) is 0 Å². The van der Waals surface area contributed by atoms with Gasteiger partial charge in [0.1, 0.15) is 0 Å². The molecule has 0 aromatic rings. The van der Waals surface area contributed by atoms with Gasteiger partial charge in [-0.1, -0.05) is 27.7 Å². The van der Waals surface area contributed by atoms with E-state index in [2.05, 4.69) is 27.7 Å². The lowest BCUT2D eigenvalue weighted by atomic mass is 9.98. The predicted molar refractivity (Wildman–Crippen MR) is 62.4 cm³/mol. The van der Waals surface area contributed by atoms with E-state index in [1.54, 1.807) is 0 Å². The van der Waals surface area contributed by atoms with Crippen LogP contribution < -0.4 is 0 Å². The van der Waals surface area contributed by atoms with Crippen molar-refractivity contribution in [2.45, 2.75) is 46.6 Å². The molecule has 0 bridgehead atoms. The van der Waals surface area contributed by atoms with Crippen LogP contribution in [0, 0.1) is 11.8 Å². The maximum Gasteiger partial charge on any atom is 0.261 e. The third kappa shape index (κ3) is 31.6. The summed E-state index contributed by atoms with van der Waals surface area (Å²) in [6, 6.07) is 0. The Bertz CT molecular complexity index is 214. The van der Waals surface area contributed by atoms with Crippen LogP contribution in [-0.2, 0) is 10.1 Å². The maximum absolute atomic E-state index is 9.39. The Hall–Kier alpha value is -0.130. The van der Waals surface area contributed by atoms with Crippen molar-refractivity contribution in [3.63, 3.8) is 0 Å². The highest BCUT2D eigenvalue weighted by Gasteiger charge is 2.07. The van der Waals surface area contributed by atoms with Gasteiger partial charge in [-0.2, -0.15) is 8.42 Å². The molecule has 0 rings (SSSR count). The zero-order valence-corrected chi connectivity index (χ0v) is 11.1. The monoisotopic (exact) mass is 240 g/mol. The van der Waals surface area contributed by atoms with Crippen molar-refractivity contribution in [1.29, 1.82) is 0 Å². The molecule has 4 nitrogen and oxygen atoms in total. The summed E-state index contributed by atoms with van der Waals surface area (Å²) < 4.78 is 25.9. The molecule has 0 saturated heterocycles. The Labute approximate surface area is 93.5 Å². The van der Waals surface area contributed by atoms with E-state index in [9.17, 15) is 13.5 Å². The molecule has 0 aromatic heterocycles. The zero-order chi connectivity index (χ0) is 12.6. The average Bonchev–Trinajstić information content (AvgIpc) is 1.76. The SMILES string of the molecule is CC(C)CC(O)CC(C)C.CS(=O)(=O)O. The Morgan fingerprint density at radius 3 is 1.33 bits per heavy atom. The van der Waals surface area contributed by atoms with Gasteiger partial charge < -0.3 is 5.11 Å². The predicted octanol–water partition coefficient (Wildman–Crippen LogP) is 1.94. The van der Waals surface area contributed by atoms with Crippen LogP contribution in [0.1, 0.15) is 40.5 Å². The van der Waals surface area contributed by atoms with Crippen LogP contribution in [0.25, 0.3) is 0 Å². The number of hydrogen-bond donors (Lipinski definition) is 2. The highest BCUT2D eigenvalue weighted by atomic mass is 32.2. The smallest absolute Gasteiger partial charge is 0.261 e. The third-order valence-electron chi connectivity index (χ3n) is 1.49. The molecule has 0 saturated carbocycles. The lowest BCUT2D eigenvalue weighted by Gasteiger charge is -2.14. The quantitative estimate of drug-likeness (QED) is 0.736. The second-order valence-corrected chi connectivity index (χ2v) is 6.11. The molecule has 0 heterocycles. The Kier molecular flexibility index (Phi) is 9.29. The van der Waals surface area contributed by atoms with Crippen LogP contribution in [-0.4, -0.2) is 30.4 Å². The molecule has 0 radical (unpaired) electrons. The Balaban J connectivity index is 0. The Morgan fingerprint density at radius 1 is 1.00 bits per heavy atom. The fourth-order valence-electron chi connectivity index (χ4n) is 1.18. The molecule has 0 amide bonds. The summed E-state index contributed by atoms with van der Waals surface area (Å²) in [5, 5.41) is 9.39. The summed E-state index contributed by atoms with van der Waals surface area (Å²) in [5.74, 6) is 1.24. The normalized spacial score (nSPS) is 11.9. The molecular weight excluding hydrogens is 216 g/mol. The zero-order valence-electron chi connectivity index (χ0n) is 10.3. The highest BCUT2D eigenvalue weighted by molar-refractivity contribution is 7.85. The molecule has 0 spiro atoms. The van der Waals surface area contributed by atoms with Crippen molar-refractivity contribution < 1.29 is 18.1 Å². The summed E-state index contributed by atoms with van der Waals surface area (Å²) in [6.45, 7) is 8.57. The standard InChI is InChI=1S/C9H20O.CH4O3S/c1-7(2)5-9(10)6-8(3)4;1-5(2,3)4/h7-10H,5-6H2,1-4H3;1H3,(H,2,3,4). The number of rotatable bonds is 4. The number of aliphatic hydroxyl groups excluding tert-OH is 1. The first-order valence-electron chi connectivity index (χ1n) is 5.12. The van der Waals surface area contributed by atoms with Crippen molar-refractivity contribution in [1.82, 2.24) is 0 Å². The van der Waals surface area contributed by atoms with E-state index in [0.29, 0.717) is 18.1 Å². The summed E-state index contributed by atoms with van der Waals surface area (Å²) in [5.41, 5.74) is 0. The second kappa shape index (κ2) is 8.07. The van der Waals surface area contributed by atoms with Crippen LogP contribution in [0.5, 0.6) is 0 Å². The molecule has 0 unspecified atom stereocenters. The minimum atomic E-state index is -3.67. The molecule has 5 heteroatoms. The molecule has 15 heavy (non-hydrogen) atoms. The lowest BCUT2D eigenvalue weighted by Crippen LogP contribution is -2.12. The molecule has 0 aromatic carbocycles. The van der Waals surface area contributed by atoms with E-state index in [1.165, 1.54) is 0 Å². The summed E-state index contributed by atoms with van der Waals surface area (Å²) in [7, 11) is -3.67. The largest absolute Gasteiger partial charge is 0.393 e. The molecular formula is C10H24O4S. The van der Waals surface area contributed by atoms with Gasteiger partial charge in [-0.05, 0) is 24.7 Å². The topological polar surface area (TPSA) is 74.6 Å². The van der Waals surface area contributed by atoms with E-state index in [4.69, 9.17) is 4.55 Å². The van der Waals surface area contributed by atoms with Crippen LogP contribution in [0.15, 0.2) is 0 Å². The maximum atomic E-state index is 9.39. The molecule has 0 aliphatic carbocycles. The average molecular weight is 240 g/mol. The third-order valence-corrected chi connectivity index (χ3v) is 1.49. The van der Waals surface area contributed by atoms with Gasteiger partial charge >= 0.3 is 0 Å².